The molecule has 1 aromatic carbocycles. The van der Waals surface area contributed by atoms with E-state index >= 15 is 4.39 Å². The third kappa shape index (κ3) is 4.95. The molecule has 3 fully saturated rings. The summed E-state index contributed by atoms with van der Waals surface area (Å²) < 4.78 is 24.1. The highest BCUT2D eigenvalue weighted by atomic mass is 35.5. The lowest BCUT2D eigenvalue weighted by Crippen LogP contribution is -2.54. The van der Waals surface area contributed by atoms with Gasteiger partial charge in [0.05, 0.1) is 23.1 Å². The topological polar surface area (TPSA) is 124 Å². The summed E-state index contributed by atoms with van der Waals surface area (Å²) in [5.41, 5.74) is 7.81. The molecule has 44 heavy (non-hydrogen) atoms. The van der Waals surface area contributed by atoms with Crippen molar-refractivity contribution in [2.45, 2.75) is 96.7 Å². The Kier molecular flexibility index (Phi) is 7.37. The van der Waals surface area contributed by atoms with E-state index in [0.29, 0.717) is 50.0 Å². The third-order valence-electron chi connectivity index (χ3n) is 11.1. The summed E-state index contributed by atoms with van der Waals surface area (Å²) >= 11 is 6.68. The van der Waals surface area contributed by atoms with Crippen molar-refractivity contribution in [3.05, 3.63) is 39.4 Å². The number of ether oxygens (including phenoxy) is 1. The van der Waals surface area contributed by atoms with E-state index in [1.54, 1.807) is 11.8 Å². The molecule has 1 aromatic heterocycles. The standard InChI is InChI=1S/C32H40ClFN6O4/c1-31(30(35)43)9-4-2-6-20(31)29(42)39-13-8-19-21(33)14-22(34)28(44-17-23-24-7-3-5-12-40(24)37-36-23)27(19)25(39)16-38-18-32(10-11-32)15-26(38)41/h14,20,25H,2-13,15-18H2,1H3,(H2,35,43)/t20-,25?,31-/m0/s1. The fourth-order valence-corrected chi connectivity index (χ4v) is 8.42. The molecule has 1 unspecified atom stereocenters. The van der Waals surface area contributed by atoms with Crippen LogP contribution < -0.4 is 10.5 Å². The van der Waals surface area contributed by atoms with E-state index < -0.39 is 29.1 Å². The lowest BCUT2D eigenvalue weighted by molar-refractivity contribution is -0.152. The molecule has 3 atom stereocenters. The number of aromatic nitrogens is 3. The molecular weight excluding hydrogens is 587 g/mol. The summed E-state index contributed by atoms with van der Waals surface area (Å²) in [6.45, 7) is 3.76. The molecule has 7 rings (SSSR count). The fraction of sp³-hybridized carbons (Fsp3) is 0.656. The maximum atomic E-state index is 15.9. The summed E-state index contributed by atoms with van der Waals surface area (Å²) in [5, 5.41) is 8.85. The zero-order valence-electron chi connectivity index (χ0n) is 25.2. The Hall–Kier alpha value is -3.21. The first kappa shape index (κ1) is 29.5. The first-order chi connectivity index (χ1) is 21.1. The second-order valence-electron chi connectivity index (χ2n) is 13.8. The zero-order chi connectivity index (χ0) is 30.8. The number of amides is 3. The number of primary amides is 1. The lowest BCUT2D eigenvalue weighted by Gasteiger charge is -2.45. The minimum absolute atomic E-state index is 0.0173. The van der Waals surface area contributed by atoms with Gasteiger partial charge in [0.25, 0.3) is 0 Å². The highest BCUT2D eigenvalue weighted by Crippen LogP contribution is 2.54. The molecule has 3 amide bonds. The van der Waals surface area contributed by atoms with Gasteiger partial charge in [0.2, 0.25) is 17.7 Å². The number of nitrogens with zero attached hydrogens (tertiary/aromatic N) is 5. The second kappa shape index (κ2) is 11.0. The third-order valence-corrected chi connectivity index (χ3v) is 11.4. The van der Waals surface area contributed by atoms with Gasteiger partial charge in [-0.15, -0.1) is 5.10 Å². The van der Waals surface area contributed by atoms with Gasteiger partial charge >= 0.3 is 0 Å². The van der Waals surface area contributed by atoms with Gasteiger partial charge in [-0.05, 0) is 75.3 Å². The van der Waals surface area contributed by atoms with Gasteiger partial charge in [-0.2, -0.15) is 0 Å². The number of nitrogens with two attached hydrogens (primary N) is 1. The predicted molar refractivity (Wildman–Crippen MR) is 159 cm³/mol. The van der Waals surface area contributed by atoms with Crippen molar-refractivity contribution in [3.8, 4) is 5.75 Å². The number of hydrogen-bond donors (Lipinski definition) is 1. The van der Waals surface area contributed by atoms with E-state index in [9.17, 15) is 14.4 Å². The van der Waals surface area contributed by atoms with E-state index in [2.05, 4.69) is 10.3 Å². The van der Waals surface area contributed by atoms with Gasteiger partial charge < -0.3 is 20.3 Å². The lowest BCUT2D eigenvalue weighted by atomic mass is 9.66. The number of carbonyl (C=O) groups excluding carboxylic acids is 3. The molecule has 0 radical (unpaired) electrons. The quantitative estimate of drug-likeness (QED) is 0.494. The summed E-state index contributed by atoms with van der Waals surface area (Å²) in [6.07, 6.45) is 8.54. The van der Waals surface area contributed by atoms with Crippen molar-refractivity contribution in [2.24, 2.45) is 22.5 Å². The number of likely N-dealkylation sites (tertiary alicyclic amines) is 1. The normalized spacial score (nSPS) is 27.3. The largest absolute Gasteiger partial charge is 0.484 e. The van der Waals surface area contributed by atoms with Crippen LogP contribution in [0, 0.1) is 22.6 Å². The Labute approximate surface area is 261 Å². The first-order valence-electron chi connectivity index (χ1n) is 16.0. The number of benzene rings is 1. The Morgan fingerprint density at radius 2 is 1.98 bits per heavy atom. The molecule has 3 aliphatic heterocycles. The summed E-state index contributed by atoms with van der Waals surface area (Å²) in [6, 6.07) is 0.580. The Morgan fingerprint density at radius 3 is 2.73 bits per heavy atom. The van der Waals surface area contributed by atoms with E-state index in [4.69, 9.17) is 22.1 Å². The number of aryl methyl sites for hydroxylation is 1. The van der Waals surface area contributed by atoms with Gasteiger partial charge in [0, 0.05) is 43.2 Å². The molecule has 1 saturated heterocycles. The molecule has 2 saturated carbocycles. The molecule has 2 N–H and O–H groups in total. The molecule has 2 aromatic rings. The smallest absolute Gasteiger partial charge is 0.227 e. The number of halogens is 2. The summed E-state index contributed by atoms with van der Waals surface area (Å²) in [4.78, 5) is 44.0. The number of fused-ring (bicyclic) bond motifs is 2. The van der Waals surface area contributed by atoms with Gasteiger partial charge in [-0.25, -0.2) is 9.07 Å². The summed E-state index contributed by atoms with van der Waals surface area (Å²) in [5.74, 6) is -1.82. The van der Waals surface area contributed by atoms with Gasteiger partial charge in [0.1, 0.15) is 12.3 Å². The zero-order valence-corrected chi connectivity index (χ0v) is 26.0. The summed E-state index contributed by atoms with van der Waals surface area (Å²) in [7, 11) is 0. The van der Waals surface area contributed by atoms with Crippen LogP contribution in [0.15, 0.2) is 6.07 Å². The second-order valence-corrected chi connectivity index (χ2v) is 14.2. The first-order valence-corrected chi connectivity index (χ1v) is 16.4. The van der Waals surface area contributed by atoms with Crippen LogP contribution in [0.25, 0.3) is 0 Å². The molecule has 12 heteroatoms. The van der Waals surface area contributed by atoms with Gasteiger partial charge in [-0.1, -0.05) is 29.7 Å². The molecule has 10 nitrogen and oxygen atoms in total. The molecule has 2 aliphatic carbocycles. The van der Waals surface area contributed by atoms with Crippen molar-refractivity contribution >= 4 is 29.3 Å². The Bertz CT molecular complexity index is 1520. The van der Waals surface area contributed by atoms with Crippen LogP contribution in [0.2, 0.25) is 5.02 Å². The van der Waals surface area contributed by atoms with Crippen LogP contribution in [0.5, 0.6) is 5.75 Å². The highest BCUT2D eigenvalue weighted by molar-refractivity contribution is 6.31. The number of hydrogen-bond acceptors (Lipinski definition) is 6. The van der Waals surface area contributed by atoms with Crippen molar-refractivity contribution in [1.82, 2.24) is 24.8 Å². The SMILES string of the molecule is C[C@]1(C(N)=O)CCCC[C@H]1C(=O)N1CCc2c(Cl)cc(F)c(OCc3nnn4c3CCCC4)c2C1CN1CC2(CC2)CC1=O. The minimum atomic E-state index is -0.978. The van der Waals surface area contributed by atoms with Gasteiger partial charge in [-0.3, -0.25) is 14.4 Å². The predicted octanol–water partition coefficient (Wildman–Crippen LogP) is 4.11. The fourth-order valence-electron chi connectivity index (χ4n) is 8.13. The van der Waals surface area contributed by atoms with E-state index in [1.807, 2.05) is 9.58 Å². The van der Waals surface area contributed by atoms with Crippen molar-refractivity contribution in [1.29, 1.82) is 0 Å². The molecule has 5 aliphatic rings. The van der Waals surface area contributed by atoms with Crippen LogP contribution in [0.3, 0.4) is 0 Å². The monoisotopic (exact) mass is 626 g/mol. The van der Waals surface area contributed by atoms with Crippen LogP contribution in [-0.2, 0) is 40.4 Å². The molecule has 1 spiro atoms. The molecule has 0 bridgehead atoms. The highest BCUT2D eigenvalue weighted by Gasteiger charge is 2.53. The van der Waals surface area contributed by atoms with Crippen molar-refractivity contribution < 1.29 is 23.5 Å². The van der Waals surface area contributed by atoms with Crippen LogP contribution >= 0.6 is 11.6 Å². The maximum Gasteiger partial charge on any atom is 0.227 e. The number of rotatable bonds is 7. The molecule has 236 valence electrons. The van der Waals surface area contributed by atoms with Gasteiger partial charge in [0.15, 0.2) is 11.6 Å². The van der Waals surface area contributed by atoms with Crippen LogP contribution in [-0.4, -0.2) is 62.1 Å². The van der Waals surface area contributed by atoms with E-state index in [-0.39, 0.29) is 41.2 Å². The Balaban J connectivity index is 1.27. The number of carbonyl (C=O) groups is 3. The average molecular weight is 627 g/mol. The van der Waals surface area contributed by atoms with Crippen molar-refractivity contribution in [3.63, 3.8) is 0 Å². The Morgan fingerprint density at radius 1 is 1.16 bits per heavy atom. The average Bonchev–Trinajstić information content (AvgIpc) is 3.50. The minimum Gasteiger partial charge on any atom is -0.484 e. The van der Waals surface area contributed by atoms with Crippen molar-refractivity contribution in [2.75, 3.05) is 19.6 Å². The molecular formula is C32H40ClFN6O4. The van der Waals surface area contributed by atoms with Crippen LogP contribution in [0.1, 0.15) is 93.3 Å². The maximum absolute atomic E-state index is 15.9. The van der Waals surface area contributed by atoms with E-state index in [1.165, 1.54) is 6.07 Å². The van der Waals surface area contributed by atoms with Crippen LogP contribution in [0.4, 0.5) is 4.39 Å². The van der Waals surface area contributed by atoms with E-state index in [0.717, 1.165) is 62.7 Å². The molecule has 4 heterocycles.